The topological polar surface area (TPSA) is 43.8 Å². The van der Waals surface area contributed by atoms with Crippen molar-refractivity contribution in [1.82, 2.24) is 9.78 Å². The van der Waals surface area contributed by atoms with Gasteiger partial charge in [0.15, 0.2) is 0 Å². The highest BCUT2D eigenvalue weighted by Crippen LogP contribution is 2.43. The molecule has 1 aliphatic carbocycles. The van der Waals surface area contributed by atoms with E-state index >= 15 is 0 Å². The van der Waals surface area contributed by atoms with E-state index in [0.29, 0.717) is 17.4 Å². The Morgan fingerprint density at radius 1 is 1.33 bits per heavy atom. The Hall–Kier alpha value is -0.830. The van der Waals surface area contributed by atoms with Gasteiger partial charge in [-0.15, -0.1) is 0 Å². The summed E-state index contributed by atoms with van der Waals surface area (Å²) in [6.45, 7) is 11.5. The highest BCUT2D eigenvalue weighted by atomic mass is 15.3. The molecule has 1 aliphatic rings. The molecule has 1 aromatic heterocycles. The van der Waals surface area contributed by atoms with E-state index in [0.717, 1.165) is 37.8 Å². The van der Waals surface area contributed by atoms with Gasteiger partial charge < -0.3 is 5.73 Å². The molecule has 0 aromatic carbocycles. The standard InChI is InChI=1S/C18H33N3/c1-6-16(7-2)21-9-8-15(20-21)12-18(19)11-14(3)10-17(4,5)13-18/h8-9,14,16H,6-7,10-13,19H2,1-5H3. The second-order valence-electron chi connectivity index (χ2n) is 8.15. The van der Waals surface area contributed by atoms with Crippen LogP contribution in [0.1, 0.15) is 78.5 Å². The van der Waals surface area contributed by atoms with Gasteiger partial charge >= 0.3 is 0 Å². The highest BCUT2D eigenvalue weighted by Gasteiger charge is 2.40. The van der Waals surface area contributed by atoms with Gasteiger partial charge in [0, 0.05) is 18.2 Å². The maximum atomic E-state index is 6.76. The lowest BCUT2D eigenvalue weighted by molar-refractivity contribution is 0.107. The largest absolute Gasteiger partial charge is 0.325 e. The van der Waals surface area contributed by atoms with Gasteiger partial charge in [0.25, 0.3) is 0 Å². The lowest BCUT2D eigenvalue weighted by Gasteiger charge is -2.45. The Morgan fingerprint density at radius 2 is 2.00 bits per heavy atom. The number of hydrogen-bond acceptors (Lipinski definition) is 2. The third-order valence-corrected chi connectivity index (χ3v) is 5.00. The van der Waals surface area contributed by atoms with Crippen molar-refractivity contribution in [3.63, 3.8) is 0 Å². The first-order valence-electron chi connectivity index (χ1n) is 8.60. The zero-order valence-electron chi connectivity index (χ0n) is 14.5. The Bertz CT molecular complexity index is 459. The van der Waals surface area contributed by atoms with Gasteiger partial charge in [0.2, 0.25) is 0 Å². The lowest BCUT2D eigenvalue weighted by Crippen LogP contribution is -2.50. The molecule has 1 aromatic rings. The number of rotatable bonds is 5. The fourth-order valence-electron chi connectivity index (χ4n) is 4.64. The first kappa shape index (κ1) is 16.5. The molecule has 3 heteroatoms. The van der Waals surface area contributed by atoms with Gasteiger partial charge in [-0.3, -0.25) is 4.68 Å². The fraction of sp³-hybridized carbons (Fsp3) is 0.833. The van der Waals surface area contributed by atoms with Crippen LogP contribution >= 0.6 is 0 Å². The van der Waals surface area contributed by atoms with Gasteiger partial charge in [0.1, 0.15) is 0 Å². The highest BCUT2D eigenvalue weighted by molar-refractivity contribution is 5.09. The van der Waals surface area contributed by atoms with Crippen LogP contribution in [0.4, 0.5) is 0 Å². The Labute approximate surface area is 130 Å². The number of nitrogens with zero attached hydrogens (tertiary/aromatic N) is 2. The molecule has 2 rings (SSSR count). The van der Waals surface area contributed by atoms with Crippen LogP contribution in [0.5, 0.6) is 0 Å². The first-order chi connectivity index (χ1) is 9.77. The SMILES string of the molecule is CCC(CC)n1ccc(CC2(N)CC(C)CC(C)(C)C2)n1. The van der Waals surface area contributed by atoms with Crippen molar-refractivity contribution in [3.05, 3.63) is 18.0 Å². The maximum Gasteiger partial charge on any atom is 0.0643 e. The molecule has 1 saturated carbocycles. The average molecular weight is 291 g/mol. The summed E-state index contributed by atoms with van der Waals surface area (Å²) >= 11 is 0. The number of aromatic nitrogens is 2. The quantitative estimate of drug-likeness (QED) is 0.877. The monoisotopic (exact) mass is 291 g/mol. The van der Waals surface area contributed by atoms with Crippen LogP contribution in [-0.2, 0) is 6.42 Å². The second kappa shape index (κ2) is 6.12. The van der Waals surface area contributed by atoms with E-state index in [2.05, 4.69) is 51.6 Å². The van der Waals surface area contributed by atoms with E-state index < -0.39 is 0 Å². The van der Waals surface area contributed by atoms with Crippen LogP contribution in [0.25, 0.3) is 0 Å². The van der Waals surface area contributed by atoms with Crippen LogP contribution in [-0.4, -0.2) is 15.3 Å². The lowest BCUT2D eigenvalue weighted by atomic mass is 9.63. The molecular formula is C18H33N3. The Morgan fingerprint density at radius 3 is 2.57 bits per heavy atom. The Kier molecular flexibility index (Phi) is 4.82. The van der Waals surface area contributed by atoms with E-state index in [-0.39, 0.29) is 5.54 Å². The van der Waals surface area contributed by atoms with Crippen molar-refractivity contribution in [2.45, 2.75) is 84.7 Å². The molecule has 21 heavy (non-hydrogen) atoms. The number of nitrogens with two attached hydrogens (primary N) is 1. The minimum Gasteiger partial charge on any atom is -0.325 e. The van der Waals surface area contributed by atoms with Gasteiger partial charge in [-0.25, -0.2) is 0 Å². The van der Waals surface area contributed by atoms with Crippen molar-refractivity contribution in [1.29, 1.82) is 0 Å². The van der Waals surface area contributed by atoms with Crippen LogP contribution in [0.15, 0.2) is 12.3 Å². The van der Waals surface area contributed by atoms with Crippen molar-refractivity contribution < 1.29 is 0 Å². The molecule has 0 bridgehead atoms. The van der Waals surface area contributed by atoms with Crippen molar-refractivity contribution in [2.24, 2.45) is 17.1 Å². The van der Waals surface area contributed by atoms with Gasteiger partial charge in [-0.05, 0) is 49.5 Å². The summed E-state index contributed by atoms with van der Waals surface area (Å²) in [7, 11) is 0. The van der Waals surface area contributed by atoms with Crippen molar-refractivity contribution in [2.75, 3.05) is 0 Å². The predicted molar refractivity (Wildman–Crippen MR) is 89.3 cm³/mol. The average Bonchev–Trinajstić information content (AvgIpc) is 2.74. The summed E-state index contributed by atoms with van der Waals surface area (Å²) in [4.78, 5) is 0. The minimum absolute atomic E-state index is 0.0890. The molecule has 0 radical (unpaired) electrons. The molecule has 0 aliphatic heterocycles. The molecule has 0 amide bonds. The molecule has 2 unspecified atom stereocenters. The summed E-state index contributed by atoms with van der Waals surface area (Å²) in [5, 5.41) is 4.80. The summed E-state index contributed by atoms with van der Waals surface area (Å²) in [6.07, 6.45) is 8.82. The summed E-state index contributed by atoms with van der Waals surface area (Å²) in [5.74, 6) is 0.708. The molecule has 1 heterocycles. The van der Waals surface area contributed by atoms with Gasteiger partial charge in [0.05, 0.1) is 11.7 Å². The molecule has 120 valence electrons. The van der Waals surface area contributed by atoms with E-state index in [4.69, 9.17) is 10.8 Å². The first-order valence-corrected chi connectivity index (χ1v) is 8.60. The van der Waals surface area contributed by atoms with E-state index in [1.54, 1.807) is 0 Å². The summed E-state index contributed by atoms with van der Waals surface area (Å²) < 4.78 is 2.14. The molecule has 0 saturated heterocycles. The molecule has 0 spiro atoms. The third-order valence-electron chi connectivity index (χ3n) is 5.00. The van der Waals surface area contributed by atoms with E-state index in [9.17, 15) is 0 Å². The van der Waals surface area contributed by atoms with Gasteiger partial charge in [-0.1, -0.05) is 34.6 Å². The summed E-state index contributed by atoms with van der Waals surface area (Å²) in [5.41, 5.74) is 8.18. The third kappa shape index (κ3) is 4.09. The second-order valence-corrected chi connectivity index (χ2v) is 8.15. The minimum atomic E-state index is -0.0890. The zero-order valence-corrected chi connectivity index (χ0v) is 14.5. The zero-order chi connectivity index (χ0) is 15.7. The van der Waals surface area contributed by atoms with E-state index in [1.165, 1.54) is 6.42 Å². The van der Waals surface area contributed by atoms with Crippen LogP contribution in [0.3, 0.4) is 0 Å². The molecule has 3 nitrogen and oxygen atoms in total. The molecule has 1 fully saturated rings. The van der Waals surface area contributed by atoms with Crippen molar-refractivity contribution in [3.8, 4) is 0 Å². The summed E-state index contributed by atoms with van der Waals surface area (Å²) in [6, 6.07) is 2.69. The normalized spacial score (nSPS) is 29.0. The predicted octanol–water partition coefficient (Wildman–Crippen LogP) is 4.33. The molecule has 2 N–H and O–H groups in total. The molecule has 2 atom stereocenters. The maximum absolute atomic E-state index is 6.76. The fourth-order valence-corrected chi connectivity index (χ4v) is 4.64. The van der Waals surface area contributed by atoms with Crippen molar-refractivity contribution >= 4 is 0 Å². The molecular weight excluding hydrogens is 258 g/mol. The number of hydrogen-bond donors (Lipinski definition) is 1. The van der Waals surface area contributed by atoms with Crippen LogP contribution < -0.4 is 5.73 Å². The van der Waals surface area contributed by atoms with E-state index in [1.807, 2.05) is 0 Å². The van der Waals surface area contributed by atoms with Crippen LogP contribution in [0, 0.1) is 11.3 Å². The Balaban J connectivity index is 2.10. The van der Waals surface area contributed by atoms with Crippen LogP contribution in [0.2, 0.25) is 0 Å². The smallest absolute Gasteiger partial charge is 0.0643 e. The van der Waals surface area contributed by atoms with Gasteiger partial charge in [-0.2, -0.15) is 5.10 Å².